The number of ether oxygens (including phenoxy) is 1. The Morgan fingerprint density at radius 2 is 1.91 bits per heavy atom. The normalized spacial score (nSPS) is 10.2. The SMILES string of the molecule is CC(=O)c1ccccc1NC(=O)COC(=O)c1sc(C)nc1C. The van der Waals surface area contributed by atoms with Crippen LogP contribution in [0.4, 0.5) is 5.69 Å². The highest BCUT2D eigenvalue weighted by atomic mass is 32.1. The maximum absolute atomic E-state index is 11.9. The van der Waals surface area contributed by atoms with Crippen molar-refractivity contribution >= 4 is 34.7 Å². The molecule has 2 rings (SSSR count). The molecule has 0 fully saturated rings. The summed E-state index contributed by atoms with van der Waals surface area (Å²) in [6.45, 7) is 4.49. The van der Waals surface area contributed by atoms with E-state index < -0.39 is 18.5 Å². The van der Waals surface area contributed by atoms with E-state index in [1.807, 2.05) is 0 Å². The number of hydrogen-bond donors (Lipinski definition) is 1. The number of anilines is 1. The predicted molar refractivity (Wildman–Crippen MR) is 86.9 cm³/mol. The van der Waals surface area contributed by atoms with Gasteiger partial charge in [0.15, 0.2) is 12.4 Å². The first-order chi connectivity index (χ1) is 10.9. The van der Waals surface area contributed by atoms with Crippen LogP contribution in [0, 0.1) is 13.8 Å². The standard InChI is InChI=1S/C16H16N2O4S/c1-9-15(23-11(3)17-9)16(21)22-8-14(20)18-13-7-5-4-6-12(13)10(2)19/h4-7H,8H2,1-3H3,(H,18,20). The lowest BCUT2D eigenvalue weighted by Gasteiger charge is -2.09. The lowest BCUT2D eigenvalue weighted by molar-refractivity contribution is -0.119. The van der Waals surface area contributed by atoms with Crippen molar-refractivity contribution in [3.63, 3.8) is 0 Å². The molecule has 0 atom stereocenters. The number of ketones is 1. The molecule has 1 amide bonds. The number of hydrogen-bond acceptors (Lipinski definition) is 6. The molecule has 0 aliphatic rings. The van der Waals surface area contributed by atoms with Crippen molar-refractivity contribution < 1.29 is 19.1 Å². The second-order valence-electron chi connectivity index (χ2n) is 4.87. The number of carbonyl (C=O) groups excluding carboxylic acids is 3. The fourth-order valence-corrected chi connectivity index (χ4v) is 2.82. The topological polar surface area (TPSA) is 85.4 Å². The number of carbonyl (C=O) groups is 3. The molecular formula is C16H16N2O4S. The first-order valence-electron chi connectivity index (χ1n) is 6.89. The van der Waals surface area contributed by atoms with Gasteiger partial charge in [0.05, 0.1) is 16.4 Å². The van der Waals surface area contributed by atoms with Crippen LogP contribution >= 0.6 is 11.3 Å². The molecule has 1 N–H and O–H groups in total. The predicted octanol–water partition coefficient (Wildman–Crippen LogP) is 2.76. The molecule has 0 aliphatic heterocycles. The van der Waals surface area contributed by atoms with E-state index in [1.54, 1.807) is 38.1 Å². The van der Waals surface area contributed by atoms with E-state index in [0.717, 1.165) is 5.01 Å². The molecule has 0 spiro atoms. The summed E-state index contributed by atoms with van der Waals surface area (Å²) in [5.74, 6) is -1.25. The largest absolute Gasteiger partial charge is 0.451 e. The number of para-hydroxylation sites is 1. The van der Waals surface area contributed by atoms with Gasteiger partial charge in [0.25, 0.3) is 5.91 Å². The van der Waals surface area contributed by atoms with Gasteiger partial charge in [0.2, 0.25) is 0 Å². The summed E-state index contributed by atoms with van der Waals surface area (Å²) in [6.07, 6.45) is 0. The molecule has 0 aliphatic carbocycles. The Balaban J connectivity index is 1.97. The summed E-state index contributed by atoms with van der Waals surface area (Å²) in [5.41, 5.74) is 1.38. The zero-order valence-electron chi connectivity index (χ0n) is 13.0. The number of nitrogens with one attached hydrogen (secondary N) is 1. The number of thiazole rings is 1. The number of benzene rings is 1. The van der Waals surface area contributed by atoms with Crippen LogP contribution in [0.15, 0.2) is 24.3 Å². The Morgan fingerprint density at radius 3 is 2.52 bits per heavy atom. The van der Waals surface area contributed by atoms with Crippen molar-refractivity contribution in [3.8, 4) is 0 Å². The number of aryl methyl sites for hydroxylation is 2. The fraction of sp³-hybridized carbons (Fsp3) is 0.250. The highest BCUT2D eigenvalue weighted by Crippen LogP contribution is 2.18. The minimum Gasteiger partial charge on any atom is -0.451 e. The highest BCUT2D eigenvalue weighted by Gasteiger charge is 2.17. The molecular weight excluding hydrogens is 316 g/mol. The summed E-state index contributed by atoms with van der Waals surface area (Å²) < 4.78 is 4.99. The molecule has 6 nitrogen and oxygen atoms in total. The summed E-state index contributed by atoms with van der Waals surface area (Å²) in [6, 6.07) is 6.65. The van der Waals surface area contributed by atoms with Gasteiger partial charge in [0, 0.05) is 5.56 Å². The van der Waals surface area contributed by atoms with E-state index in [4.69, 9.17) is 4.74 Å². The monoisotopic (exact) mass is 332 g/mol. The Morgan fingerprint density at radius 1 is 1.22 bits per heavy atom. The molecule has 2 aromatic rings. The van der Waals surface area contributed by atoms with Crippen molar-refractivity contribution in [1.29, 1.82) is 0 Å². The average Bonchev–Trinajstić information content (AvgIpc) is 2.84. The maximum Gasteiger partial charge on any atom is 0.350 e. The number of rotatable bonds is 5. The molecule has 0 unspecified atom stereocenters. The van der Waals surface area contributed by atoms with E-state index >= 15 is 0 Å². The van der Waals surface area contributed by atoms with Gasteiger partial charge in [-0.25, -0.2) is 9.78 Å². The molecule has 1 heterocycles. The van der Waals surface area contributed by atoms with Crippen LogP contribution in [0.25, 0.3) is 0 Å². The number of amides is 1. The van der Waals surface area contributed by atoms with Crippen LogP contribution in [-0.2, 0) is 9.53 Å². The van der Waals surface area contributed by atoms with Crippen molar-refractivity contribution in [2.75, 3.05) is 11.9 Å². The second kappa shape index (κ2) is 7.15. The van der Waals surface area contributed by atoms with Gasteiger partial charge in [-0.05, 0) is 32.9 Å². The van der Waals surface area contributed by atoms with Gasteiger partial charge in [-0.3, -0.25) is 9.59 Å². The Kier molecular flexibility index (Phi) is 5.23. The van der Waals surface area contributed by atoms with Gasteiger partial charge in [-0.2, -0.15) is 0 Å². The molecule has 120 valence electrons. The molecule has 1 aromatic carbocycles. The Labute approximate surface area is 137 Å². The molecule has 0 radical (unpaired) electrons. The van der Waals surface area contributed by atoms with Crippen LogP contribution in [0.3, 0.4) is 0 Å². The average molecular weight is 332 g/mol. The zero-order valence-corrected chi connectivity index (χ0v) is 13.8. The molecule has 7 heteroatoms. The lowest BCUT2D eigenvalue weighted by atomic mass is 10.1. The quantitative estimate of drug-likeness (QED) is 0.672. The van der Waals surface area contributed by atoms with Gasteiger partial charge in [0.1, 0.15) is 4.88 Å². The second-order valence-corrected chi connectivity index (χ2v) is 6.08. The van der Waals surface area contributed by atoms with E-state index in [9.17, 15) is 14.4 Å². The maximum atomic E-state index is 11.9. The Bertz CT molecular complexity index is 767. The molecule has 23 heavy (non-hydrogen) atoms. The molecule has 0 saturated carbocycles. The minimum atomic E-state index is -0.580. The van der Waals surface area contributed by atoms with E-state index in [-0.39, 0.29) is 5.78 Å². The summed E-state index contributed by atoms with van der Waals surface area (Å²) >= 11 is 1.22. The fourth-order valence-electron chi connectivity index (χ4n) is 2.00. The summed E-state index contributed by atoms with van der Waals surface area (Å²) in [5, 5.41) is 3.33. The van der Waals surface area contributed by atoms with Gasteiger partial charge < -0.3 is 10.1 Å². The first-order valence-corrected chi connectivity index (χ1v) is 7.71. The summed E-state index contributed by atoms with van der Waals surface area (Å²) in [7, 11) is 0. The number of aromatic nitrogens is 1. The van der Waals surface area contributed by atoms with Crippen LogP contribution < -0.4 is 5.32 Å². The first kappa shape index (κ1) is 16.8. The van der Waals surface area contributed by atoms with Crippen LogP contribution in [-0.4, -0.2) is 29.3 Å². The van der Waals surface area contributed by atoms with Crippen LogP contribution in [0.5, 0.6) is 0 Å². The molecule has 0 bridgehead atoms. The third kappa shape index (κ3) is 4.23. The third-order valence-electron chi connectivity index (χ3n) is 3.00. The highest BCUT2D eigenvalue weighted by molar-refractivity contribution is 7.13. The third-order valence-corrected chi connectivity index (χ3v) is 4.06. The summed E-state index contributed by atoms with van der Waals surface area (Å²) in [4.78, 5) is 39.8. The number of Topliss-reactive ketones (excluding diaryl/α,β-unsaturated/α-hetero) is 1. The zero-order chi connectivity index (χ0) is 17.0. The lowest BCUT2D eigenvalue weighted by Crippen LogP contribution is -2.21. The molecule has 0 saturated heterocycles. The van der Waals surface area contributed by atoms with Crippen molar-refractivity contribution in [1.82, 2.24) is 4.98 Å². The van der Waals surface area contributed by atoms with Gasteiger partial charge in [-0.1, -0.05) is 12.1 Å². The van der Waals surface area contributed by atoms with Gasteiger partial charge in [-0.15, -0.1) is 11.3 Å². The number of esters is 1. The Hall–Kier alpha value is -2.54. The smallest absolute Gasteiger partial charge is 0.350 e. The van der Waals surface area contributed by atoms with Crippen molar-refractivity contribution in [3.05, 3.63) is 45.4 Å². The van der Waals surface area contributed by atoms with Crippen molar-refractivity contribution in [2.45, 2.75) is 20.8 Å². The van der Waals surface area contributed by atoms with Crippen LogP contribution in [0.2, 0.25) is 0 Å². The van der Waals surface area contributed by atoms with E-state index in [2.05, 4.69) is 10.3 Å². The van der Waals surface area contributed by atoms with Crippen LogP contribution in [0.1, 0.15) is 37.7 Å². The minimum absolute atomic E-state index is 0.159. The number of nitrogens with zero attached hydrogens (tertiary/aromatic N) is 1. The molecule has 1 aromatic heterocycles. The van der Waals surface area contributed by atoms with E-state index in [1.165, 1.54) is 18.3 Å². The van der Waals surface area contributed by atoms with E-state index in [0.29, 0.717) is 21.8 Å². The van der Waals surface area contributed by atoms with Gasteiger partial charge >= 0.3 is 5.97 Å². The van der Waals surface area contributed by atoms with Crippen molar-refractivity contribution in [2.24, 2.45) is 0 Å².